The second-order valence-electron chi connectivity index (χ2n) is 2.00. The van der Waals surface area contributed by atoms with Gasteiger partial charge in [-0.25, -0.2) is 4.21 Å². The van der Waals surface area contributed by atoms with Crippen LogP contribution in [0.3, 0.4) is 0 Å². The van der Waals surface area contributed by atoms with E-state index in [1.165, 1.54) is 12.1 Å². The molecule has 12 heavy (non-hydrogen) atoms. The molecule has 62 valence electrons. The van der Waals surface area contributed by atoms with Gasteiger partial charge in [0.15, 0.2) is 16.1 Å². The van der Waals surface area contributed by atoms with E-state index in [2.05, 4.69) is 4.98 Å². The van der Waals surface area contributed by atoms with Crippen LogP contribution in [0.5, 0.6) is 5.75 Å². The third-order valence-corrected chi connectivity index (χ3v) is 1.91. The molecule has 1 rings (SSSR count). The summed E-state index contributed by atoms with van der Waals surface area (Å²) in [5.74, 6) is -0.244. The summed E-state index contributed by atoms with van der Waals surface area (Å²) in [4.78, 5) is 2.79. The van der Waals surface area contributed by atoms with Crippen molar-refractivity contribution in [3.63, 3.8) is 0 Å². The Bertz CT molecular complexity index is 372. The maximum atomic E-state index is 10.5. The molecular weight excluding hydrogens is 180 g/mol. The third-order valence-electron chi connectivity index (χ3n) is 1.26. The number of rotatable bonds is 1. The number of aromatic hydroxyl groups is 1. The molecular formula is C6H5N2O3S+. The number of nitrogens with zero attached hydrogens (tertiary/aromatic N) is 2. The largest absolute Gasteiger partial charge is 0.501 e. The van der Waals surface area contributed by atoms with E-state index < -0.39 is 11.1 Å². The normalized spacial score (nSPS) is 12.0. The van der Waals surface area contributed by atoms with Gasteiger partial charge in [-0.2, -0.15) is 0 Å². The van der Waals surface area contributed by atoms with Crippen molar-refractivity contribution in [2.45, 2.75) is 4.90 Å². The highest BCUT2D eigenvalue weighted by atomic mass is 32.2. The average Bonchev–Trinajstić information content (AvgIpc) is 2.05. The average molecular weight is 185 g/mol. The van der Waals surface area contributed by atoms with Crippen molar-refractivity contribution in [1.82, 2.24) is 0 Å². The highest BCUT2D eigenvalue weighted by molar-refractivity contribution is 7.79. The molecule has 0 aliphatic carbocycles. The maximum Gasteiger partial charge on any atom is 0.427 e. The Morgan fingerprint density at radius 2 is 2.17 bits per heavy atom. The molecule has 1 aromatic rings. The number of hydrogen-bond donors (Lipinski definition) is 2. The summed E-state index contributed by atoms with van der Waals surface area (Å²) in [7, 11) is 0. The molecule has 0 radical (unpaired) electrons. The van der Waals surface area contributed by atoms with Gasteiger partial charge in [0.25, 0.3) is 0 Å². The van der Waals surface area contributed by atoms with Crippen LogP contribution in [0.1, 0.15) is 0 Å². The lowest BCUT2D eigenvalue weighted by atomic mass is 10.3. The van der Waals surface area contributed by atoms with E-state index in [0.717, 1.165) is 6.07 Å². The van der Waals surface area contributed by atoms with Gasteiger partial charge in [-0.1, -0.05) is 0 Å². The first-order valence-corrected chi connectivity index (χ1v) is 4.05. The second kappa shape index (κ2) is 3.30. The fraction of sp³-hybridized carbons (Fsp3) is 0. The van der Waals surface area contributed by atoms with Gasteiger partial charge < -0.3 is 9.66 Å². The molecule has 0 spiro atoms. The van der Waals surface area contributed by atoms with Gasteiger partial charge in [-0.15, -0.1) is 0 Å². The van der Waals surface area contributed by atoms with Crippen LogP contribution in [-0.4, -0.2) is 13.9 Å². The van der Waals surface area contributed by atoms with Crippen molar-refractivity contribution in [2.75, 3.05) is 0 Å². The SMILES string of the molecule is N#[N+]c1cc(S(=O)O)ccc1O. The minimum absolute atomic E-state index is 0.0700. The van der Waals surface area contributed by atoms with Crippen LogP contribution in [0.15, 0.2) is 23.1 Å². The first-order chi connectivity index (χ1) is 5.65. The van der Waals surface area contributed by atoms with Gasteiger partial charge in [-0.05, 0) is 12.1 Å². The molecule has 5 nitrogen and oxygen atoms in total. The lowest BCUT2D eigenvalue weighted by Gasteiger charge is -1.91. The van der Waals surface area contributed by atoms with Crippen LogP contribution in [0, 0.1) is 5.39 Å². The minimum Gasteiger partial charge on any atom is -0.501 e. The Kier molecular flexibility index (Phi) is 2.38. The van der Waals surface area contributed by atoms with E-state index in [9.17, 15) is 4.21 Å². The topological polar surface area (TPSA) is 85.7 Å². The summed E-state index contributed by atoms with van der Waals surface area (Å²) in [6, 6.07) is 3.56. The van der Waals surface area contributed by atoms with Gasteiger partial charge >= 0.3 is 5.69 Å². The Labute approximate surface area is 70.6 Å². The summed E-state index contributed by atoms with van der Waals surface area (Å²) in [6.07, 6.45) is 0. The Morgan fingerprint density at radius 3 is 2.67 bits per heavy atom. The van der Waals surface area contributed by atoms with E-state index in [-0.39, 0.29) is 16.3 Å². The Morgan fingerprint density at radius 1 is 1.50 bits per heavy atom. The second-order valence-corrected chi connectivity index (χ2v) is 2.97. The minimum atomic E-state index is -2.13. The van der Waals surface area contributed by atoms with Crippen LogP contribution in [-0.2, 0) is 11.1 Å². The van der Waals surface area contributed by atoms with Gasteiger partial charge in [0.2, 0.25) is 11.1 Å². The number of phenolic OH excluding ortho intramolecular Hbond substituents is 1. The van der Waals surface area contributed by atoms with Crippen LogP contribution in [0.25, 0.3) is 4.98 Å². The standard InChI is InChI=1S/C6H4N2O3S/c7-8-5-3-4(12(10)11)1-2-6(5)9/h1-3H,(H-,9,10,11)/p+1. The van der Waals surface area contributed by atoms with E-state index in [0.29, 0.717) is 0 Å². The molecule has 1 atom stereocenters. The molecule has 0 heterocycles. The molecule has 0 bridgehead atoms. The molecule has 0 amide bonds. The fourth-order valence-electron chi connectivity index (χ4n) is 0.692. The number of diazo groups is 1. The molecule has 0 saturated heterocycles. The molecule has 0 saturated carbocycles. The third kappa shape index (κ3) is 1.58. The molecule has 0 aliphatic rings. The van der Waals surface area contributed by atoms with Crippen molar-refractivity contribution in [2.24, 2.45) is 0 Å². The zero-order valence-electron chi connectivity index (χ0n) is 5.84. The van der Waals surface area contributed by atoms with Crippen molar-refractivity contribution >= 4 is 16.8 Å². The first kappa shape index (κ1) is 8.64. The van der Waals surface area contributed by atoms with E-state index in [4.69, 9.17) is 15.1 Å². The van der Waals surface area contributed by atoms with Gasteiger partial charge in [-0.3, -0.25) is 0 Å². The van der Waals surface area contributed by atoms with Crippen LogP contribution in [0.4, 0.5) is 5.69 Å². The molecule has 0 aliphatic heterocycles. The van der Waals surface area contributed by atoms with Crippen LogP contribution < -0.4 is 0 Å². The number of benzene rings is 1. The zero-order chi connectivity index (χ0) is 9.14. The van der Waals surface area contributed by atoms with E-state index in [1.54, 1.807) is 0 Å². The summed E-state index contributed by atoms with van der Waals surface area (Å²) in [5, 5.41) is 17.3. The highest BCUT2D eigenvalue weighted by Crippen LogP contribution is 2.27. The predicted molar refractivity (Wildman–Crippen MR) is 41.9 cm³/mol. The molecule has 1 aromatic carbocycles. The van der Waals surface area contributed by atoms with Crippen molar-refractivity contribution in [3.8, 4) is 5.75 Å². The molecule has 0 fully saturated rings. The summed E-state index contributed by atoms with van der Waals surface area (Å²) in [5.41, 5.74) is -0.130. The fourth-order valence-corrected chi connectivity index (χ4v) is 1.09. The molecule has 0 aromatic heterocycles. The lowest BCUT2D eigenvalue weighted by molar-refractivity contribution is 0.478. The van der Waals surface area contributed by atoms with Crippen LogP contribution >= 0.6 is 0 Å². The van der Waals surface area contributed by atoms with Crippen molar-refractivity contribution in [3.05, 3.63) is 23.2 Å². The summed E-state index contributed by atoms with van der Waals surface area (Å²) < 4.78 is 19.1. The maximum absolute atomic E-state index is 10.5. The Balaban J connectivity index is 3.25. The van der Waals surface area contributed by atoms with Crippen LogP contribution in [0.2, 0.25) is 0 Å². The summed E-state index contributed by atoms with van der Waals surface area (Å²) in [6.45, 7) is 0. The molecule has 6 heteroatoms. The number of hydrogen-bond acceptors (Lipinski definition) is 3. The first-order valence-electron chi connectivity index (χ1n) is 2.94. The van der Waals surface area contributed by atoms with E-state index in [1.807, 2.05) is 0 Å². The Hall–Kier alpha value is -1.45. The van der Waals surface area contributed by atoms with Gasteiger partial charge in [0.1, 0.15) is 0 Å². The monoisotopic (exact) mass is 185 g/mol. The van der Waals surface area contributed by atoms with E-state index >= 15 is 0 Å². The molecule has 1 unspecified atom stereocenters. The smallest absolute Gasteiger partial charge is 0.427 e. The molecule has 2 N–H and O–H groups in total. The summed E-state index contributed by atoms with van der Waals surface area (Å²) >= 11 is -2.13. The highest BCUT2D eigenvalue weighted by Gasteiger charge is 2.15. The quantitative estimate of drug-likeness (QED) is 0.512. The van der Waals surface area contributed by atoms with Crippen molar-refractivity contribution in [1.29, 1.82) is 5.39 Å². The van der Waals surface area contributed by atoms with Crippen molar-refractivity contribution < 1.29 is 13.9 Å². The van der Waals surface area contributed by atoms with Gasteiger partial charge in [0, 0.05) is 0 Å². The lowest BCUT2D eigenvalue weighted by Crippen LogP contribution is -1.86. The predicted octanol–water partition coefficient (Wildman–Crippen LogP) is 1.46. The zero-order valence-corrected chi connectivity index (χ0v) is 6.65. The number of phenols is 1. The van der Waals surface area contributed by atoms with Gasteiger partial charge in [0.05, 0.1) is 11.0 Å².